The number of allylic oxidation sites excluding steroid dienone is 4. The molecule has 0 bridgehead atoms. The SMILES string of the molecule is CCCCCCCCC1=C(c2cccc(C)c2)[N+](=[N-])C(c2cccc(C)c2)=C1CCCC.CCCCCCCCC1=C(c2cccc(CC)c2)[N+](=[N-])C(c2cccc(CC)c2)=C1CCCC.CC[CH2][Pd][CH2]CC.c1ccc(C[CH2][Ni][CH2]Cc2ccccc2)cc1. The Morgan fingerprint density at radius 2 is 0.622 bits per heavy atom. The maximum absolute atomic E-state index is 11.7. The average Bonchev–Trinajstić information content (AvgIpc) is 1.65. The number of rotatable bonds is 36. The van der Waals surface area contributed by atoms with Crippen LogP contribution < -0.4 is 0 Å². The molecular weight excluding hydrogens is 1230 g/mol. The third-order valence-corrected chi connectivity index (χ3v) is 20.7. The van der Waals surface area contributed by atoms with E-state index in [0.29, 0.717) is 0 Å². The molecule has 2 aliphatic heterocycles. The fraction of sp³-hybridized carbons (Fsp3) is 0.476. The predicted molar refractivity (Wildman–Crippen MR) is 384 cm³/mol. The molecule has 0 fully saturated rings. The fourth-order valence-corrected chi connectivity index (χ4v) is 14.5. The summed E-state index contributed by atoms with van der Waals surface area (Å²) in [6.45, 7) is 22.2. The molecule has 8 rings (SSSR count). The van der Waals surface area contributed by atoms with Crippen molar-refractivity contribution >= 4 is 22.8 Å². The van der Waals surface area contributed by atoms with Gasteiger partial charge >= 0.3 is 164 Å². The van der Waals surface area contributed by atoms with Gasteiger partial charge in [0, 0.05) is 44.5 Å². The molecule has 6 heteroatoms. The van der Waals surface area contributed by atoms with Crippen LogP contribution in [0.25, 0.3) is 33.9 Å². The maximum atomic E-state index is 11.7. The van der Waals surface area contributed by atoms with Crippen molar-refractivity contribution < 1.29 is 41.8 Å². The van der Waals surface area contributed by atoms with Crippen LogP contribution in [0.15, 0.2) is 180 Å². The molecule has 0 spiro atoms. The third-order valence-electron chi connectivity index (χ3n) is 16.8. The first-order valence-electron chi connectivity index (χ1n) is 35.3. The predicted octanol–water partition coefficient (Wildman–Crippen LogP) is 26.5. The second-order valence-corrected chi connectivity index (χ2v) is 28.3. The molecule has 2 heterocycles. The van der Waals surface area contributed by atoms with Crippen molar-refractivity contribution in [1.82, 2.24) is 0 Å². The molecule has 0 atom stereocenters. The summed E-state index contributed by atoms with van der Waals surface area (Å²) in [5.41, 5.74) is 45.1. The zero-order chi connectivity index (χ0) is 64.6. The summed E-state index contributed by atoms with van der Waals surface area (Å²) in [6, 6.07) is 56.1. The monoisotopic (exact) mass is 1340 g/mol. The molecule has 6 aromatic rings. The second kappa shape index (κ2) is 45.0. The Kier molecular flexibility index (Phi) is 37.7. The van der Waals surface area contributed by atoms with Gasteiger partial charge in [0.1, 0.15) is 0 Å². The van der Waals surface area contributed by atoms with Gasteiger partial charge in [-0.25, -0.2) is 9.39 Å². The van der Waals surface area contributed by atoms with Gasteiger partial charge in [0.15, 0.2) is 0 Å². The van der Waals surface area contributed by atoms with Crippen LogP contribution in [0, 0.1) is 13.8 Å². The Hall–Kier alpha value is -5.36. The second-order valence-electron chi connectivity index (χ2n) is 24.4. The number of unbranched alkanes of at least 4 members (excludes halogenated alkanes) is 12. The van der Waals surface area contributed by atoms with E-state index in [-0.39, 0.29) is 0 Å². The van der Waals surface area contributed by atoms with Crippen LogP contribution in [0.5, 0.6) is 0 Å². The van der Waals surface area contributed by atoms with E-state index in [9.17, 15) is 11.1 Å². The number of benzene rings is 6. The molecule has 0 N–H and O–H groups in total. The standard InChI is InChI=1S/C32H44N2.C30H40N2.2C8H9.2C3H7.Ni.Pd/c1-5-9-11-12-13-14-22-30-29(21-10-6-2)31(27-19-15-17-25(7-3)23-27)34(33)32(30)28-20-16-18-26(8-4)24-28;1-5-7-9-10-11-12-20-28-27(19-8-6-2)29(25-17-13-15-23(3)21-25)32(31)30(28)26-18-14-16-24(4)22-26;2*1-2-8-6-4-3-5-7-8;2*1-3-2;;/h15-20,23-24H,5-14,21-22H2,1-4H3;13-18,21-22H,5-12,19-20H2,1-4H3;2*3-7H,1-2H2;2*1,3H2,2H3;;. The molecule has 0 radical (unpaired) electrons. The average molecular weight is 1350 g/mol. The molecule has 90 heavy (non-hydrogen) atoms. The molecular formula is C84H116N4NiPd. The first kappa shape index (κ1) is 75.4. The topological polar surface area (TPSA) is 50.6 Å². The van der Waals surface area contributed by atoms with E-state index in [1.165, 1.54) is 188 Å². The summed E-state index contributed by atoms with van der Waals surface area (Å²) in [7, 11) is 0. The Bertz CT molecular complexity index is 3120. The van der Waals surface area contributed by atoms with Gasteiger partial charge in [0.05, 0.1) is 0 Å². The van der Waals surface area contributed by atoms with Crippen molar-refractivity contribution in [3.63, 3.8) is 0 Å². The molecule has 0 aromatic heterocycles. The van der Waals surface area contributed by atoms with Gasteiger partial charge in [-0.3, -0.25) is 0 Å². The number of nitrogens with zero attached hydrogens (tertiary/aromatic N) is 4. The van der Waals surface area contributed by atoms with E-state index in [1.54, 1.807) is 0 Å². The van der Waals surface area contributed by atoms with Gasteiger partial charge < -0.3 is 11.1 Å². The van der Waals surface area contributed by atoms with Crippen molar-refractivity contribution in [2.75, 3.05) is 0 Å². The Morgan fingerprint density at radius 3 is 0.956 bits per heavy atom. The van der Waals surface area contributed by atoms with E-state index < -0.39 is 0 Å². The third kappa shape index (κ3) is 25.6. The van der Waals surface area contributed by atoms with Gasteiger partial charge in [-0.1, -0.05) is 178 Å². The van der Waals surface area contributed by atoms with Crippen LogP contribution in [0.3, 0.4) is 0 Å². The Balaban J connectivity index is 0.000000243. The summed E-state index contributed by atoms with van der Waals surface area (Å²) < 4.78 is 3.03. The van der Waals surface area contributed by atoms with Gasteiger partial charge in [-0.15, -0.1) is 0 Å². The van der Waals surface area contributed by atoms with Gasteiger partial charge in [0.25, 0.3) is 0 Å². The van der Waals surface area contributed by atoms with Crippen molar-refractivity contribution in [1.29, 1.82) is 0 Å². The minimum atomic E-state index is 0.986. The summed E-state index contributed by atoms with van der Waals surface area (Å²) in [5, 5.41) is 2.48. The number of hydrogen-bond donors (Lipinski definition) is 0. The Labute approximate surface area is 564 Å². The molecule has 4 nitrogen and oxygen atoms in total. The number of hydrogen-bond acceptors (Lipinski definition) is 0. The van der Waals surface area contributed by atoms with Crippen LogP contribution in [0.1, 0.15) is 252 Å². The quantitative estimate of drug-likeness (QED) is 0.0214. The molecule has 2 aliphatic rings. The van der Waals surface area contributed by atoms with Crippen LogP contribution in [0.2, 0.25) is 20.6 Å². The molecule has 0 saturated heterocycles. The van der Waals surface area contributed by atoms with Crippen molar-refractivity contribution in [3.05, 3.63) is 247 Å². The van der Waals surface area contributed by atoms with Crippen LogP contribution in [0.4, 0.5) is 0 Å². The Morgan fingerprint density at radius 1 is 0.311 bits per heavy atom. The van der Waals surface area contributed by atoms with Crippen molar-refractivity contribution in [2.45, 2.75) is 257 Å². The summed E-state index contributed by atoms with van der Waals surface area (Å²) in [4.78, 5) is 2.95. The molecule has 6 aromatic carbocycles. The molecule has 492 valence electrons. The normalized spacial score (nSPS) is 13.0. The van der Waals surface area contributed by atoms with E-state index in [4.69, 9.17) is 0 Å². The van der Waals surface area contributed by atoms with E-state index >= 15 is 0 Å². The first-order valence-corrected chi connectivity index (χ1v) is 38.9. The van der Waals surface area contributed by atoms with E-state index in [0.717, 1.165) is 127 Å². The summed E-state index contributed by atoms with van der Waals surface area (Å²) in [6.07, 6.45) is 31.2. The van der Waals surface area contributed by atoms with Gasteiger partial charge in [0.2, 0.25) is 22.8 Å². The van der Waals surface area contributed by atoms with Gasteiger partial charge in [-0.2, -0.15) is 0 Å². The van der Waals surface area contributed by atoms with E-state index in [2.05, 4.69) is 227 Å². The molecule has 0 unspecified atom stereocenters. The van der Waals surface area contributed by atoms with E-state index in [1.807, 2.05) is 14.4 Å². The summed E-state index contributed by atoms with van der Waals surface area (Å²) >= 11 is 2.93. The summed E-state index contributed by atoms with van der Waals surface area (Å²) in [5.74, 6) is 0. The molecule has 0 aliphatic carbocycles. The molecule has 0 saturated carbocycles. The zero-order valence-electron chi connectivity index (χ0n) is 57.6. The van der Waals surface area contributed by atoms with Crippen LogP contribution in [-0.2, 0) is 58.1 Å². The fourth-order valence-electron chi connectivity index (χ4n) is 11.9. The minimum absolute atomic E-state index is 0.986. The zero-order valence-corrected chi connectivity index (χ0v) is 60.2. The van der Waals surface area contributed by atoms with Crippen LogP contribution in [-0.4, -0.2) is 9.39 Å². The van der Waals surface area contributed by atoms with Crippen molar-refractivity contribution in [3.8, 4) is 0 Å². The van der Waals surface area contributed by atoms with Crippen molar-refractivity contribution in [2.24, 2.45) is 0 Å². The van der Waals surface area contributed by atoms with Gasteiger partial charge in [-0.05, 0) is 138 Å². The molecule has 0 amide bonds. The number of aryl methyl sites for hydroxylation is 6. The van der Waals surface area contributed by atoms with Crippen LogP contribution >= 0.6 is 0 Å². The first-order chi connectivity index (χ1) is 44.1.